The van der Waals surface area contributed by atoms with Gasteiger partial charge in [0.1, 0.15) is 11.5 Å². The molecule has 0 saturated carbocycles. The van der Waals surface area contributed by atoms with Crippen molar-refractivity contribution in [2.24, 2.45) is 5.92 Å². The number of anilines is 1. The number of nitrogens with zero attached hydrogens (tertiary/aromatic N) is 2. The van der Waals surface area contributed by atoms with E-state index in [1.807, 2.05) is 6.07 Å². The summed E-state index contributed by atoms with van der Waals surface area (Å²) in [6.45, 7) is 4.74. The van der Waals surface area contributed by atoms with Gasteiger partial charge in [0.05, 0.1) is 42.7 Å². The number of aliphatic hydroxyl groups is 1. The average molecular weight is 593 g/mol. The molecule has 212 valence electrons. The van der Waals surface area contributed by atoms with E-state index in [1.54, 1.807) is 61.7 Å². The standard InChI is InChI=1S/C31H29ClN2O6S/c1-17(2)13-14-40-23-12-7-19(15-24(23)39-4)27-26(28(35)18-5-8-20(32)9-6-18)29(36)30(37)34(27)31-33-22-11-10-21(38-3)16-25(22)41-31/h5-12,15-17,27,35H,13-14H2,1-4H3/b28-26+. The van der Waals surface area contributed by atoms with Gasteiger partial charge in [0, 0.05) is 10.6 Å². The lowest BCUT2D eigenvalue weighted by atomic mass is 9.95. The molecule has 1 saturated heterocycles. The number of halogens is 1. The summed E-state index contributed by atoms with van der Waals surface area (Å²) >= 11 is 7.30. The van der Waals surface area contributed by atoms with Gasteiger partial charge < -0.3 is 19.3 Å². The highest BCUT2D eigenvalue weighted by Gasteiger charge is 2.48. The number of ketones is 1. The number of fused-ring (bicyclic) bond motifs is 1. The molecule has 3 aromatic carbocycles. The maximum absolute atomic E-state index is 13.6. The Hall–Kier alpha value is -4.08. The third kappa shape index (κ3) is 5.60. The number of hydrogen-bond acceptors (Lipinski definition) is 8. The maximum Gasteiger partial charge on any atom is 0.301 e. The van der Waals surface area contributed by atoms with Crippen LogP contribution in [-0.2, 0) is 9.59 Å². The van der Waals surface area contributed by atoms with Gasteiger partial charge in [-0.2, -0.15) is 0 Å². The van der Waals surface area contributed by atoms with Gasteiger partial charge in [-0.3, -0.25) is 14.5 Å². The zero-order valence-corrected chi connectivity index (χ0v) is 24.6. The Morgan fingerprint density at radius 2 is 1.78 bits per heavy atom. The fraction of sp³-hybridized carbons (Fsp3) is 0.258. The Kier molecular flexibility index (Phi) is 8.19. The molecule has 0 spiro atoms. The zero-order valence-electron chi connectivity index (χ0n) is 23.0. The number of hydrogen-bond donors (Lipinski definition) is 1. The van der Waals surface area contributed by atoms with Gasteiger partial charge in [-0.15, -0.1) is 0 Å². The number of carbonyl (C=O) groups is 2. The van der Waals surface area contributed by atoms with Gasteiger partial charge in [-0.1, -0.05) is 42.9 Å². The van der Waals surface area contributed by atoms with E-state index >= 15 is 0 Å². The molecule has 2 heterocycles. The molecule has 1 unspecified atom stereocenters. The molecular formula is C31H29ClN2O6S. The average Bonchev–Trinajstić information content (AvgIpc) is 3.50. The molecule has 1 aromatic heterocycles. The first-order valence-electron chi connectivity index (χ1n) is 13.0. The van der Waals surface area contributed by atoms with Crippen LogP contribution in [0.25, 0.3) is 16.0 Å². The summed E-state index contributed by atoms with van der Waals surface area (Å²) in [7, 11) is 3.10. The lowest BCUT2D eigenvalue weighted by Crippen LogP contribution is -2.29. The van der Waals surface area contributed by atoms with E-state index in [-0.39, 0.29) is 11.3 Å². The summed E-state index contributed by atoms with van der Waals surface area (Å²) in [6.07, 6.45) is 0.870. The first kappa shape index (κ1) is 28.4. The van der Waals surface area contributed by atoms with Crippen molar-refractivity contribution in [3.8, 4) is 17.2 Å². The van der Waals surface area contributed by atoms with E-state index in [4.69, 9.17) is 25.8 Å². The Balaban J connectivity index is 1.66. The van der Waals surface area contributed by atoms with Crippen molar-refractivity contribution >= 4 is 55.7 Å². The summed E-state index contributed by atoms with van der Waals surface area (Å²) in [5.41, 5.74) is 1.48. The van der Waals surface area contributed by atoms with E-state index in [2.05, 4.69) is 18.8 Å². The van der Waals surface area contributed by atoms with Crippen LogP contribution in [0.1, 0.15) is 37.4 Å². The van der Waals surface area contributed by atoms with E-state index in [0.717, 1.165) is 11.1 Å². The highest BCUT2D eigenvalue weighted by Crippen LogP contribution is 2.46. The molecule has 5 rings (SSSR count). The molecule has 1 N–H and O–H groups in total. The number of aromatic nitrogens is 1. The predicted octanol–water partition coefficient (Wildman–Crippen LogP) is 7.02. The van der Waals surface area contributed by atoms with Crippen LogP contribution >= 0.6 is 22.9 Å². The van der Waals surface area contributed by atoms with Gasteiger partial charge in [0.15, 0.2) is 16.6 Å². The fourth-order valence-corrected chi connectivity index (χ4v) is 5.76. The molecule has 0 bridgehead atoms. The molecule has 1 fully saturated rings. The Labute approximate surface area is 246 Å². The monoisotopic (exact) mass is 592 g/mol. The van der Waals surface area contributed by atoms with Crippen LogP contribution in [0.3, 0.4) is 0 Å². The molecule has 1 amide bonds. The van der Waals surface area contributed by atoms with Gasteiger partial charge in [-0.05, 0) is 72.5 Å². The normalized spacial score (nSPS) is 16.5. The molecule has 10 heteroatoms. The van der Waals surface area contributed by atoms with Crippen LogP contribution in [0.2, 0.25) is 5.02 Å². The first-order chi connectivity index (χ1) is 19.7. The lowest BCUT2D eigenvalue weighted by molar-refractivity contribution is -0.132. The molecule has 41 heavy (non-hydrogen) atoms. The summed E-state index contributed by atoms with van der Waals surface area (Å²) in [4.78, 5) is 33.2. The third-order valence-corrected chi connectivity index (χ3v) is 8.08. The predicted molar refractivity (Wildman–Crippen MR) is 160 cm³/mol. The summed E-state index contributed by atoms with van der Waals surface area (Å²) in [5, 5.41) is 12.2. The van der Waals surface area contributed by atoms with Crippen molar-refractivity contribution in [3.05, 3.63) is 82.4 Å². The first-order valence-corrected chi connectivity index (χ1v) is 14.2. The quantitative estimate of drug-likeness (QED) is 0.127. The van der Waals surface area contributed by atoms with Crippen LogP contribution in [0.15, 0.2) is 66.2 Å². The molecule has 8 nitrogen and oxygen atoms in total. The Morgan fingerprint density at radius 3 is 2.46 bits per heavy atom. The Morgan fingerprint density at radius 1 is 1.02 bits per heavy atom. The molecule has 4 aromatic rings. The van der Waals surface area contributed by atoms with Crippen molar-refractivity contribution in [2.45, 2.75) is 26.3 Å². The summed E-state index contributed by atoms with van der Waals surface area (Å²) in [6, 6.07) is 16.1. The van der Waals surface area contributed by atoms with E-state index in [0.29, 0.717) is 56.6 Å². The van der Waals surface area contributed by atoms with Crippen molar-refractivity contribution in [1.82, 2.24) is 4.98 Å². The van der Waals surface area contributed by atoms with Crippen LogP contribution in [0, 0.1) is 5.92 Å². The zero-order chi connectivity index (χ0) is 29.3. The molecule has 1 aliphatic rings. The fourth-order valence-electron chi connectivity index (χ4n) is 4.61. The van der Waals surface area contributed by atoms with Crippen molar-refractivity contribution < 1.29 is 28.9 Å². The summed E-state index contributed by atoms with van der Waals surface area (Å²) in [5.74, 6) is 0.166. The number of thiazole rings is 1. The van der Waals surface area contributed by atoms with Gasteiger partial charge in [0.2, 0.25) is 0 Å². The highest BCUT2D eigenvalue weighted by atomic mass is 35.5. The van der Waals surface area contributed by atoms with Crippen LogP contribution < -0.4 is 19.1 Å². The number of Topliss-reactive ketones (excluding diaryl/α,β-unsaturated/α-hetero) is 1. The van der Waals surface area contributed by atoms with Crippen LogP contribution in [-0.4, -0.2) is 42.6 Å². The van der Waals surface area contributed by atoms with Gasteiger partial charge in [-0.25, -0.2) is 4.98 Å². The number of methoxy groups -OCH3 is 2. The second kappa shape index (κ2) is 11.8. The topological polar surface area (TPSA) is 98.2 Å². The third-order valence-electron chi connectivity index (χ3n) is 6.81. The second-order valence-electron chi connectivity index (χ2n) is 9.95. The van der Waals surface area contributed by atoms with Crippen LogP contribution in [0.4, 0.5) is 5.13 Å². The van der Waals surface area contributed by atoms with E-state index < -0.39 is 17.7 Å². The number of aliphatic hydroxyl groups excluding tert-OH is 1. The molecule has 0 aliphatic carbocycles. The minimum Gasteiger partial charge on any atom is -0.507 e. The molecular weight excluding hydrogens is 564 g/mol. The molecule has 1 aliphatic heterocycles. The second-order valence-corrected chi connectivity index (χ2v) is 11.4. The van der Waals surface area contributed by atoms with Crippen molar-refractivity contribution in [3.63, 3.8) is 0 Å². The molecule has 1 atom stereocenters. The number of rotatable bonds is 9. The highest BCUT2D eigenvalue weighted by molar-refractivity contribution is 7.22. The maximum atomic E-state index is 13.6. The Bertz CT molecular complexity index is 1650. The number of amides is 1. The van der Waals surface area contributed by atoms with E-state index in [9.17, 15) is 14.7 Å². The van der Waals surface area contributed by atoms with Crippen molar-refractivity contribution in [1.29, 1.82) is 0 Å². The number of carbonyl (C=O) groups excluding carboxylic acids is 2. The molecule has 0 radical (unpaired) electrons. The van der Waals surface area contributed by atoms with Crippen molar-refractivity contribution in [2.75, 3.05) is 25.7 Å². The van der Waals surface area contributed by atoms with Crippen LogP contribution in [0.5, 0.6) is 17.2 Å². The van der Waals surface area contributed by atoms with E-state index in [1.165, 1.54) is 23.3 Å². The minimum atomic E-state index is -0.980. The number of ether oxygens (including phenoxy) is 3. The van der Waals surface area contributed by atoms with Gasteiger partial charge >= 0.3 is 5.91 Å². The SMILES string of the molecule is COc1ccc2nc(N3C(=O)C(=O)/C(=C(/O)c4ccc(Cl)cc4)C3c3ccc(OCCC(C)C)c(OC)c3)sc2c1. The lowest BCUT2D eigenvalue weighted by Gasteiger charge is -2.24. The largest absolute Gasteiger partial charge is 0.507 e. The minimum absolute atomic E-state index is 0.0651. The number of benzene rings is 3. The smallest absolute Gasteiger partial charge is 0.301 e. The summed E-state index contributed by atoms with van der Waals surface area (Å²) < 4.78 is 17.7. The van der Waals surface area contributed by atoms with Gasteiger partial charge in [0.25, 0.3) is 5.78 Å².